The van der Waals surface area contributed by atoms with Crippen LogP contribution in [-0.2, 0) is 13.0 Å². The molecule has 0 atom stereocenters. The summed E-state index contributed by atoms with van der Waals surface area (Å²) < 4.78 is 71.8. The van der Waals surface area contributed by atoms with Crippen molar-refractivity contribution in [2.24, 2.45) is 0 Å². The standard InChI is InChI=1S/C29H28F5N5O2/c1-2-24-27(39-12-9-21(30)14-25(39)37-24)28(40)36-15-20-4-3-19(13-23(20)31)18-7-10-38(11-8-18)22-5-6-26(35-16-22)41-17-29(32,33)34/h3-6,9,12-14,16,18H,2,7-8,10-11,15,17H2,1H3,(H,36,40). The first-order valence-corrected chi connectivity index (χ1v) is 13.2. The Labute approximate surface area is 233 Å². The van der Waals surface area contributed by atoms with Crippen LogP contribution in [0.4, 0.5) is 27.6 Å². The van der Waals surface area contributed by atoms with Crippen molar-refractivity contribution in [2.45, 2.75) is 44.8 Å². The van der Waals surface area contributed by atoms with Crippen molar-refractivity contribution in [1.29, 1.82) is 0 Å². The number of rotatable bonds is 8. The molecule has 41 heavy (non-hydrogen) atoms. The molecule has 1 aliphatic rings. The first kappa shape index (κ1) is 28.3. The number of carbonyl (C=O) groups is 1. The third-order valence-corrected chi connectivity index (χ3v) is 7.16. The average molecular weight is 574 g/mol. The molecule has 0 spiro atoms. The van der Waals surface area contributed by atoms with Gasteiger partial charge in [-0.1, -0.05) is 19.1 Å². The van der Waals surface area contributed by atoms with Crippen LogP contribution in [0.3, 0.4) is 0 Å². The average Bonchev–Trinajstić information content (AvgIpc) is 3.33. The lowest BCUT2D eigenvalue weighted by Crippen LogP contribution is -2.33. The van der Waals surface area contributed by atoms with Gasteiger partial charge in [-0.2, -0.15) is 13.2 Å². The SMILES string of the molecule is CCc1nc2cc(F)ccn2c1C(=O)NCc1ccc(C2CCN(c3ccc(OCC(F)(F)F)nc3)CC2)cc1F. The van der Waals surface area contributed by atoms with Crippen LogP contribution in [0.5, 0.6) is 5.88 Å². The smallest absolute Gasteiger partial charge is 0.422 e. The number of ether oxygens (including phenoxy) is 1. The number of carbonyl (C=O) groups excluding carboxylic acids is 1. The molecule has 0 radical (unpaired) electrons. The Kier molecular flexibility index (Phi) is 8.09. The van der Waals surface area contributed by atoms with E-state index in [0.29, 0.717) is 42.1 Å². The number of nitrogens with zero attached hydrogens (tertiary/aromatic N) is 4. The van der Waals surface area contributed by atoms with Gasteiger partial charge in [0.2, 0.25) is 5.88 Å². The maximum Gasteiger partial charge on any atom is 0.422 e. The molecule has 1 N–H and O–H groups in total. The molecule has 1 fully saturated rings. The summed E-state index contributed by atoms with van der Waals surface area (Å²) >= 11 is 0. The first-order chi connectivity index (χ1) is 19.6. The summed E-state index contributed by atoms with van der Waals surface area (Å²) in [5.74, 6) is -1.25. The van der Waals surface area contributed by atoms with Crippen molar-refractivity contribution < 1.29 is 31.5 Å². The fraction of sp³-hybridized carbons (Fsp3) is 0.345. The van der Waals surface area contributed by atoms with Gasteiger partial charge in [0, 0.05) is 43.5 Å². The van der Waals surface area contributed by atoms with E-state index in [-0.39, 0.29) is 18.3 Å². The zero-order valence-electron chi connectivity index (χ0n) is 22.2. The van der Waals surface area contributed by atoms with Gasteiger partial charge in [0.05, 0.1) is 17.6 Å². The van der Waals surface area contributed by atoms with Crippen LogP contribution < -0.4 is 15.0 Å². The largest absolute Gasteiger partial charge is 0.468 e. The summed E-state index contributed by atoms with van der Waals surface area (Å²) in [7, 11) is 0. The Balaban J connectivity index is 1.17. The zero-order valence-corrected chi connectivity index (χ0v) is 22.2. The summed E-state index contributed by atoms with van der Waals surface area (Å²) in [6.07, 6.45) is 0.513. The number of pyridine rings is 2. The molecule has 1 saturated heterocycles. The van der Waals surface area contributed by atoms with Crippen molar-refractivity contribution in [2.75, 3.05) is 24.6 Å². The molecule has 4 heterocycles. The van der Waals surface area contributed by atoms with Gasteiger partial charge in [0.1, 0.15) is 23.0 Å². The van der Waals surface area contributed by atoms with Crippen molar-refractivity contribution in [1.82, 2.24) is 19.7 Å². The summed E-state index contributed by atoms with van der Waals surface area (Å²) in [6, 6.07) is 10.6. The van der Waals surface area contributed by atoms with E-state index >= 15 is 4.39 Å². The fourth-order valence-corrected chi connectivity index (χ4v) is 5.05. The molecule has 7 nitrogen and oxygen atoms in total. The Morgan fingerprint density at radius 1 is 1.10 bits per heavy atom. The van der Waals surface area contributed by atoms with E-state index in [1.54, 1.807) is 12.1 Å². The van der Waals surface area contributed by atoms with Crippen molar-refractivity contribution in [3.63, 3.8) is 0 Å². The minimum atomic E-state index is -4.43. The van der Waals surface area contributed by atoms with Crippen molar-refractivity contribution in [3.05, 3.63) is 89.0 Å². The molecule has 1 aromatic carbocycles. The molecule has 0 aliphatic carbocycles. The van der Waals surface area contributed by atoms with Crippen molar-refractivity contribution in [3.8, 4) is 5.88 Å². The molecule has 1 aliphatic heterocycles. The number of alkyl halides is 3. The molecule has 4 aromatic rings. The van der Waals surface area contributed by atoms with Crippen LogP contribution in [0.1, 0.15) is 53.0 Å². The van der Waals surface area contributed by atoms with Crippen molar-refractivity contribution >= 4 is 17.2 Å². The lowest BCUT2D eigenvalue weighted by atomic mass is 9.88. The minimum absolute atomic E-state index is 0.0172. The van der Waals surface area contributed by atoms with Gasteiger partial charge in [0.15, 0.2) is 6.61 Å². The van der Waals surface area contributed by atoms with Crippen LogP contribution in [0.2, 0.25) is 0 Å². The molecule has 1 amide bonds. The molecular formula is C29H28F5N5O2. The van der Waals surface area contributed by atoms with Gasteiger partial charge < -0.3 is 15.0 Å². The second kappa shape index (κ2) is 11.7. The summed E-state index contributed by atoms with van der Waals surface area (Å²) in [6.45, 7) is 1.80. The summed E-state index contributed by atoms with van der Waals surface area (Å²) in [5.41, 5.74) is 3.14. The highest BCUT2D eigenvalue weighted by molar-refractivity contribution is 5.94. The van der Waals surface area contributed by atoms with Gasteiger partial charge in [-0.3, -0.25) is 9.20 Å². The van der Waals surface area contributed by atoms with Gasteiger partial charge in [0.25, 0.3) is 5.91 Å². The number of hydrogen-bond donors (Lipinski definition) is 1. The summed E-state index contributed by atoms with van der Waals surface area (Å²) in [4.78, 5) is 23.3. The molecule has 0 bridgehead atoms. The number of nitrogens with one attached hydrogen (secondary N) is 1. The molecule has 216 valence electrons. The fourth-order valence-electron chi connectivity index (χ4n) is 5.05. The van der Waals surface area contributed by atoms with Crippen LogP contribution in [0, 0.1) is 11.6 Å². The second-order valence-electron chi connectivity index (χ2n) is 9.89. The van der Waals surface area contributed by atoms with Gasteiger partial charge in [-0.25, -0.2) is 18.7 Å². The number of anilines is 1. The quantitative estimate of drug-likeness (QED) is 0.269. The van der Waals surface area contributed by atoms with E-state index in [1.807, 2.05) is 13.0 Å². The normalized spacial score (nSPS) is 14.4. The number of aromatic nitrogens is 3. The van der Waals surface area contributed by atoms with E-state index in [2.05, 4.69) is 24.9 Å². The number of aryl methyl sites for hydroxylation is 1. The Morgan fingerprint density at radius 3 is 2.54 bits per heavy atom. The summed E-state index contributed by atoms with van der Waals surface area (Å²) in [5, 5.41) is 2.76. The number of piperidine rings is 1. The molecular weight excluding hydrogens is 545 g/mol. The van der Waals surface area contributed by atoms with Gasteiger partial charge in [-0.05, 0) is 48.9 Å². The highest BCUT2D eigenvalue weighted by Crippen LogP contribution is 2.31. The number of benzene rings is 1. The van der Waals surface area contributed by atoms with Gasteiger partial charge in [-0.15, -0.1) is 0 Å². The minimum Gasteiger partial charge on any atom is -0.468 e. The van der Waals surface area contributed by atoms with Crippen LogP contribution in [0.15, 0.2) is 54.9 Å². The Bertz CT molecular complexity index is 1530. The highest BCUT2D eigenvalue weighted by Gasteiger charge is 2.29. The van der Waals surface area contributed by atoms with Crippen LogP contribution in [0.25, 0.3) is 5.65 Å². The number of hydrogen-bond acceptors (Lipinski definition) is 5. The van der Waals surface area contributed by atoms with E-state index in [4.69, 9.17) is 0 Å². The number of fused-ring (bicyclic) bond motifs is 1. The topological polar surface area (TPSA) is 71.8 Å². The maximum absolute atomic E-state index is 15.0. The third kappa shape index (κ3) is 6.58. The van der Waals surface area contributed by atoms with E-state index in [1.165, 1.54) is 41.1 Å². The third-order valence-electron chi connectivity index (χ3n) is 7.16. The number of amides is 1. The number of imidazole rings is 1. The predicted molar refractivity (Wildman–Crippen MR) is 142 cm³/mol. The lowest BCUT2D eigenvalue weighted by molar-refractivity contribution is -0.154. The molecule has 3 aromatic heterocycles. The zero-order chi connectivity index (χ0) is 29.1. The second-order valence-corrected chi connectivity index (χ2v) is 9.89. The lowest BCUT2D eigenvalue weighted by Gasteiger charge is -2.33. The Hall–Kier alpha value is -4.22. The van der Waals surface area contributed by atoms with E-state index in [9.17, 15) is 22.4 Å². The molecule has 12 heteroatoms. The monoisotopic (exact) mass is 573 g/mol. The molecule has 0 saturated carbocycles. The van der Waals surface area contributed by atoms with Crippen LogP contribution >= 0.6 is 0 Å². The number of halogens is 5. The molecule has 5 rings (SSSR count). The van der Waals surface area contributed by atoms with Crippen LogP contribution in [-0.4, -0.2) is 46.1 Å². The molecule has 0 unspecified atom stereocenters. The van der Waals surface area contributed by atoms with E-state index in [0.717, 1.165) is 24.1 Å². The maximum atomic E-state index is 15.0. The van der Waals surface area contributed by atoms with Gasteiger partial charge >= 0.3 is 6.18 Å². The highest BCUT2D eigenvalue weighted by atomic mass is 19.4. The first-order valence-electron chi connectivity index (χ1n) is 13.2. The van der Waals surface area contributed by atoms with E-state index < -0.39 is 30.3 Å². The predicted octanol–water partition coefficient (Wildman–Crippen LogP) is 5.83. The Morgan fingerprint density at radius 2 is 1.88 bits per heavy atom.